The van der Waals surface area contributed by atoms with Gasteiger partial charge in [-0.05, 0) is 202 Å². The Bertz CT molecular complexity index is 4890. The number of nitrogens with zero attached hydrogens (tertiary/aromatic N) is 2. The Morgan fingerprint density at radius 2 is 0.773 bits per heavy atom. The molecule has 13 aromatic rings. The summed E-state index contributed by atoms with van der Waals surface area (Å²) in [6.45, 7) is 19.0. The maximum Gasteiger partial charge on any atom is 0.0725 e. The van der Waals surface area contributed by atoms with E-state index in [1.54, 1.807) is 0 Å². The highest BCUT2D eigenvalue weighted by atomic mass is 15.1. The first-order valence-corrected chi connectivity index (χ1v) is 31.6. The van der Waals surface area contributed by atoms with E-state index < -0.39 is 5.41 Å². The van der Waals surface area contributed by atoms with E-state index >= 15 is 0 Å². The zero-order chi connectivity index (χ0) is 59.8. The minimum atomic E-state index is -0.486. The molecule has 0 saturated heterocycles. The van der Waals surface area contributed by atoms with E-state index in [-0.39, 0.29) is 16.2 Å². The summed E-state index contributed by atoms with van der Waals surface area (Å²) in [5.74, 6) is 0.460. The molecule has 0 bridgehead atoms. The fraction of sp³-hybridized carbons (Fsp3) is 0.163. The van der Waals surface area contributed by atoms with Gasteiger partial charge in [-0.2, -0.15) is 0 Å². The second kappa shape index (κ2) is 19.9. The highest BCUT2D eigenvalue weighted by Crippen LogP contribution is 2.64. The molecular formula is C86H72N2. The molecule has 0 saturated carbocycles. The van der Waals surface area contributed by atoms with Gasteiger partial charge in [-0.25, -0.2) is 0 Å². The molecule has 0 N–H and O–H groups in total. The summed E-state index contributed by atoms with van der Waals surface area (Å²) >= 11 is 0. The van der Waals surface area contributed by atoms with Gasteiger partial charge in [0, 0.05) is 38.9 Å². The molecule has 426 valence electrons. The summed E-state index contributed by atoms with van der Waals surface area (Å²) in [6.07, 6.45) is 1.14. The third kappa shape index (κ3) is 8.36. The predicted molar refractivity (Wildman–Crippen MR) is 372 cm³/mol. The van der Waals surface area contributed by atoms with Crippen molar-refractivity contribution in [3.05, 3.63) is 312 Å². The molecular weight excluding hydrogens is 1060 g/mol. The molecule has 12 aromatic carbocycles. The van der Waals surface area contributed by atoms with Crippen LogP contribution in [0.4, 0.5) is 17.1 Å². The number of fused-ring (bicyclic) bond motifs is 16. The van der Waals surface area contributed by atoms with Crippen molar-refractivity contribution in [2.75, 3.05) is 4.90 Å². The van der Waals surface area contributed by atoms with Crippen LogP contribution in [0, 0.1) is 10.8 Å². The number of hydrogen-bond donors (Lipinski definition) is 0. The van der Waals surface area contributed by atoms with Gasteiger partial charge in [0.05, 0.1) is 16.4 Å². The average Bonchev–Trinajstić information content (AvgIpc) is 1.52. The van der Waals surface area contributed by atoms with Gasteiger partial charge in [-0.15, -0.1) is 0 Å². The molecule has 1 spiro atoms. The molecule has 2 unspecified atom stereocenters. The van der Waals surface area contributed by atoms with Crippen LogP contribution in [0.1, 0.15) is 107 Å². The molecule has 3 aliphatic carbocycles. The first-order chi connectivity index (χ1) is 42.6. The Balaban J connectivity index is 0.783. The van der Waals surface area contributed by atoms with Crippen molar-refractivity contribution in [2.45, 2.75) is 78.6 Å². The predicted octanol–water partition coefficient (Wildman–Crippen LogP) is 23.5. The van der Waals surface area contributed by atoms with Crippen LogP contribution in [0.2, 0.25) is 0 Å². The average molecular weight is 1130 g/mol. The molecule has 2 nitrogen and oxygen atoms in total. The summed E-state index contributed by atoms with van der Waals surface area (Å²) in [5, 5.41) is 2.43. The highest BCUT2D eigenvalue weighted by Gasteiger charge is 2.52. The highest BCUT2D eigenvalue weighted by molar-refractivity contribution is 6.11. The van der Waals surface area contributed by atoms with Crippen LogP contribution in [0.15, 0.2) is 273 Å². The van der Waals surface area contributed by atoms with E-state index in [1.807, 2.05) is 0 Å². The Labute approximate surface area is 519 Å². The van der Waals surface area contributed by atoms with E-state index in [0.717, 1.165) is 29.2 Å². The van der Waals surface area contributed by atoms with Crippen molar-refractivity contribution >= 4 is 38.9 Å². The summed E-state index contributed by atoms with van der Waals surface area (Å²) in [4.78, 5) is 2.45. The molecule has 2 heteroatoms. The smallest absolute Gasteiger partial charge is 0.0725 e. The molecule has 1 heterocycles. The zero-order valence-electron chi connectivity index (χ0n) is 51.7. The van der Waals surface area contributed by atoms with Crippen LogP contribution in [0.5, 0.6) is 0 Å². The third-order valence-electron chi connectivity index (χ3n) is 20.0. The van der Waals surface area contributed by atoms with Crippen molar-refractivity contribution < 1.29 is 0 Å². The van der Waals surface area contributed by atoms with Gasteiger partial charge >= 0.3 is 0 Å². The van der Waals surface area contributed by atoms with Gasteiger partial charge in [0.25, 0.3) is 0 Å². The van der Waals surface area contributed by atoms with Crippen molar-refractivity contribution in [2.24, 2.45) is 10.8 Å². The van der Waals surface area contributed by atoms with Gasteiger partial charge in [0.2, 0.25) is 0 Å². The Hall–Kier alpha value is -9.76. The normalized spacial score (nSPS) is 15.4. The Morgan fingerprint density at radius 1 is 0.341 bits per heavy atom. The van der Waals surface area contributed by atoms with Crippen LogP contribution < -0.4 is 4.90 Å². The fourth-order valence-corrected chi connectivity index (χ4v) is 15.8. The van der Waals surface area contributed by atoms with Crippen molar-refractivity contribution in [3.63, 3.8) is 0 Å². The van der Waals surface area contributed by atoms with E-state index in [4.69, 9.17) is 0 Å². The van der Waals surface area contributed by atoms with Gasteiger partial charge < -0.3 is 9.47 Å². The topological polar surface area (TPSA) is 8.17 Å². The maximum atomic E-state index is 2.52. The van der Waals surface area contributed by atoms with E-state index in [1.165, 1.54) is 128 Å². The molecule has 0 radical (unpaired) electrons. The van der Waals surface area contributed by atoms with Gasteiger partial charge in [0.1, 0.15) is 0 Å². The fourth-order valence-electron chi connectivity index (χ4n) is 15.8. The quantitative estimate of drug-likeness (QED) is 0.140. The molecule has 0 amide bonds. The monoisotopic (exact) mass is 1130 g/mol. The van der Waals surface area contributed by atoms with Crippen molar-refractivity contribution in [1.82, 2.24) is 4.57 Å². The molecule has 2 atom stereocenters. The number of para-hydroxylation sites is 1. The van der Waals surface area contributed by atoms with E-state index in [0.29, 0.717) is 5.92 Å². The largest absolute Gasteiger partial charge is 0.310 e. The second-order valence-corrected chi connectivity index (χ2v) is 27.9. The summed E-state index contributed by atoms with van der Waals surface area (Å²) < 4.78 is 2.45. The number of hydrogen-bond acceptors (Lipinski definition) is 1. The second-order valence-electron chi connectivity index (χ2n) is 27.9. The first kappa shape index (κ1) is 53.7. The van der Waals surface area contributed by atoms with E-state index in [9.17, 15) is 0 Å². The molecule has 1 aromatic heterocycles. The van der Waals surface area contributed by atoms with Gasteiger partial charge in [0.15, 0.2) is 0 Å². The van der Waals surface area contributed by atoms with Crippen LogP contribution >= 0.6 is 0 Å². The third-order valence-corrected chi connectivity index (χ3v) is 20.0. The first-order valence-electron chi connectivity index (χ1n) is 31.6. The molecule has 88 heavy (non-hydrogen) atoms. The lowest BCUT2D eigenvalue weighted by Crippen LogP contribution is -2.26. The summed E-state index contributed by atoms with van der Waals surface area (Å²) in [5.41, 5.74) is 31.4. The minimum Gasteiger partial charge on any atom is -0.310 e. The number of rotatable bonds is 9. The number of aromatic nitrogens is 1. The van der Waals surface area contributed by atoms with Crippen LogP contribution in [0.3, 0.4) is 0 Å². The lowest BCUT2D eigenvalue weighted by Gasteiger charge is -2.36. The van der Waals surface area contributed by atoms with Crippen molar-refractivity contribution in [3.8, 4) is 72.4 Å². The van der Waals surface area contributed by atoms with Crippen molar-refractivity contribution in [1.29, 1.82) is 0 Å². The lowest BCUT2D eigenvalue weighted by molar-refractivity contribution is 0.229. The number of benzene rings is 12. The molecule has 16 rings (SSSR count). The summed E-state index contributed by atoms with van der Waals surface area (Å²) in [7, 11) is 0. The molecule has 0 fully saturated rings. The lowest BCUT2D eigenvalue weighted by atomic mass is 9.69. The SMILES string of the molecule is CC(C)(C)CC(c1ccc(-c2ccc3c(c2)C2(c4ccccc4-3)c3ccccc3-c3ccc(-c4ccc(-n5c6ccccc6c6cc(N(c7ccc(-c8ccccc8)cc7)c7ccc8c(c7)C(C)(C)c7ccccc7-8)ccc65)cc4)cc32)cc1)C(C)(C)C. The van der Waals surface area contributed by atoms with Crippen LogP contribution in [0.25, 0.3) is 94.3 Å². The van der Waals surface area contributed by atoms with Gasteiger partial charge in [-0.3, -0.25) is 0 Å². The van der Waals surface area contributed by atoms with Crippen LogP contribution in [-0.2, 0) is 10.8 Å². The van der Waals surface area contributed by atoms with Gasteiger partial charge in [-0.1, -0.05) is 256 Å². The number of anilines is 3. The molecule has 0 aliphatic heterocycles. The zero-order valence-corrected chi connectivity index (χ0v) is 51.7. The van der Waals surface area contributed by atoms with E-state index in [2.05, 4.69) is 338 Å². The Kier molecular flexibility index (Phi) is 12.1. The Morgan fingerprint density at radius 3 is 1.39 bits per heavy atom. The molecule has 3 aliphatic rings. The van der Waals surface area contributed by atoms with Crippen LogP contribution in [-0.4, -0.2) is 4.57 Å². The minimum absolute atomic E-state index is 0.137. The standard InChI is InChI=1S/C86H72N2/c1-83(2,3)54-80(84(4,5)6)59-32-30-57(31-33-59)60-38-46-70-67-23-13-17-27-75(67)86(78(70)50-60)76-28-18-14-24-68(76)71-47-39-61(51-79(71)86)58-36-42-63(43-37-58)88-81-29-19-15-25-72(81)73-52-64(45-49-82(73)88)87(62-40-34-56(35-41-62)55-20-10-9-11-21-55)65-44-48-69-66-22-12-16-26-74(66)85(7,8)77(69)53-65/h9-53,80H,54H2,1-8H3. The maximum absolute atomic E-state index is 2.52. The summed E-state index contributed by atoms with van der Waals surface area (Å²) in [6, 6.07) is 104.